The van der Waals surface area contributed by atoms with Gasteiger partial charge in [-0.15, -0.1) is 0 Å². The Kier molecular flexibility index (Phi) is 5.02. The van der Waals surface area contributed by atoms with E-state index in [9.17, 15) is 0 Å². The van der Waals surface area contributed by atoms with Gasteiger partial charge >= 0.3 is 0 Å². The Morgan fingerprint density at radius 1 is 1.00 bits per heavy atom. The van der Waals surface area contributed by atoms with Crippen LogP contribution in [0, 0.1) is 5.92 Å². The average molecular weight is 241 g/mol. The molecule has 0 heterocycles. The van der Waals surface area contributed by atoms with Crippen LogP contribution in [0.3, 0.4) is 0 Å². The van der Waals surface area contributed by atoms with Gasteiger partial charge in [0.25, 0.3) is 0 Å². The summed E-state index contributed by atoms with van der Waals surface area (Å²) in [7, 11) is 0. The highest BCUT2D eigenvalue weighted by Crippen LogP contribution is 2.32. The number of thioether (sulfide) groups is 1. The van der Waals surface area contributed by atoms with Crippen molar-refractivity contribution in [3.05, 3.63) is 0 Å². The quantitative estimate of drug-likeness (QED) is 0.803. The molecule has 2 saturated carbocycles. The van der Waals surface area contributed by atoms with Crippen LogP contribution in [-0.4, -0.2) is 23.1 Å². The van der Waals surface area contributed by atoms with Gasteiger partial charge in [-0.25, -0.2) is 0 Å². The molecule has 2 aliphatic carbocycles. The Labute approximate surface area is 105 Å². The highest BCUT2D eigenvalue weighted by Gasteiger charge is 2.31. The van der Waals surface area contributed by atoms with Crippen LogP contribution in [0.5, 0.6) is 0 Å². The van der Waals surface area contributed by atoms with E-state index in [-0.39, 0.29) is 0 Å². The van der Waals surface area contributed by atoms with Gasteiger partial charge in [0.15, 0.2) is 0 Å². The molecule has 1 N–H and O–H groups in total. The van der Waals surface area contributed by atoms with Gasteiger partial charge in [0.05, 0.1) is 0 Å². The van der Waals surface area contributed by atoms with Crippen molar-refractivity contribution >= 4 is 11.8 Å². The molecule has 0 aromatic heterocycles. The predicted molar refractivity (Wildman–Crippen MR) is 74.1 cm³/mol. The molecule has 0 radical (unpaired) electrons. The fourth-order valence-electron chi connectivity index (χ4n) is 3.37. The van der Waals surface area contributed by atoms with E-state index in [0.717, 1.165) is 23.3 Å². The summed E-state index contributed by atoms with van der Waals surface area (Å²) in [5.41, 5.74) is 0. The summed E-state index contributed by atoms with van der Waals surface area (Å²) in [5.74, 6) is 2.19. The van der Waals surface area contributed by atoms with Crippen LogP contribution < -0.4 is 5.32 Å². The van der Waals surface area contributed by atoms with E-state index in [0.29, 0.717) is 0 Å². The summed E-state index contributed by atoms with van der Waals surface area (Å²) < 4.78 is 0. The summed E-state index contributed by atoms with van der Waals surface area (Å²) in [6.45, 7) is 4.73. The Morgan fingerprint density at radius 2 is 1.75 bits per heavy atom. The van der Waals surface area contributed by atoms with E-state index in [1.165, 1.54) is 50.7 Å². The Balaban J connectivity index is 1.82. The maximum Gasteiger partial charge on any atom is 0.0201 e. The first kappa shape index (κ1) is 12.8. The minimum atomic E-state index is 0.815. The molecule has 4 atom stereocenters. The third-order valence-electron chi connectivity index (χ3n) is 4.37. The Hall–Kier alpha value is 0.310. The summed E-state index contributed by atoms with van der Waals surface area (Å²) in [4.78, 5) is 0. The van der Waals surface area contributed by atoms with Gasteiger partial charge in [-0.05, 0) is 37.4 Å². The van der Waals surface area contributed by atoms with Crippen molar-refractivity contribution in [1.82, 2.24) is 5.32 Å². The van der Waals surface area contributed by atoms with Gasteiger partial charge in [-0.2, -0.15) is 11.8 Å². The molecule has 4 unspecified atom stereocenters. The maximum atomic E-state index is 3.98. The summed E-state index contributed by atoms with van der Waals surface area (Å²) in [6, 6.07) is 1.63. The van der Waals surface area contributed by atoms with Crippen LogP contribution >= 0.6 is 11.8 Å². The van der Waals surface area contributed by atoms with E-state index >= 15 is 0 Å². The molecule has 2 heteroatoms. The van der Waals surface area contributed by atoms with Crippen molar-refractivity contribution in [1.29, 1.82) is 0 Å². The van der Waals surface area contributed by atoms with Gasteiger partial charge in [0, 0.05) is 17.3 Å². The molecule has 0 bridgehead atoms. The first-order valence-electron chi connectivity index (χ1n) is 7.19. The SMILES string of the molecule is CCSC1CCCC1NC1CCCCC1C. The lowest BCUT2D eigenvalue weighted by atomic mass is 9.85. The molecule has 16 heavy (non-hydrogen) atoms. The lowest BCUT2D eigenvalue weighted by molar-refractivity contribution is 0.260. The van der Waals surface area contributed by atoms with E-state index < -0.39 is 0 Å². The lowest BCUT2D eigenvalue weighted by Crippen LogP contribution is -2.46. The first-order valence-corrected chi connectivity index (χ1v) is 8.23. The second-order valence-electron chi connectivity index (χ2n) is 5.57. The molecular weight excluding hydrogens is 214 g/mol. The molecule has 0 aliphatic heterocycles. The van der Waals surface area contributed by atoms with E-state index in [1.807, 2.05) is 0 Å². The van der Waals surface area contributed by atoms with E-state index in [1.54, 1.807) is 0 Å². The van der Waals surface area contributed by atoms with Crippen LogP contribution in [0.1, 0.15) is 58.8 Å². The fraction of sp³-hybridized carbons (Fsp3) is 1.00. The van der Waals surface area contributed by atoms with Crippen LogP contribution in [0.25, 0.3) is 0 Å². The minimum absolute atomic E-state index is 0.815. The van der Waals surface area contributed by atoms with Crippen LogP contribution in [0.15, 0.2) is 0 Å². The third kappa shape index (κ3) is 3.16. The van der Waals surface area contributed by atoms with Gasteiger partial charge in [0.2, 0.25) is 0 Å². The standard InChI is InChI=1S/C14H27NS/c1-3-16-14-10-6-9-13(14)15-12-8-5-4-7-11(12)2/h11-15H,3-10H2,1-2H3. The van der Waals surface area contributed by atoms with Gasteiger partial charge in [-0.1, -0.05) is 33.1 Å². The van der Waals surface area contributed by atoms with Crippen molar-refractivity contribution in [3.63, 3.8) is 0 Å². The maximum absolute atomic E-state index is 3.98. The summed E-state index contributed by atoms with van der Waals surface area (Å²) in [5, 5.41) is 4.88. The third-order valence-corrected chi connectivity index (χ3v) is 5.70. The smallest absolute Gasteiger partial charge is 0.0201 e. The van der Waals surface area contributed by atoms with Crippen molar-refractivity contribution in [3.8, 4) is 0 Å². The highest BCUT2D eigenvalue weighted by atomic mass is 32.2. The largest absolute Gasteiger partial charge is 0.310 e. The van der Waals surface area contributed by atoms with Crippen molar-refractivity contribution in [2.75, 3.05) is 5.75 Å². The zero-order valence-corrected chi connectivity index (χ0v) is 11.7. The molecule has 1 nitrogen and oxygen atoms in total. The normalized spacial score (nSPS) is 40.1. The lowest BCUT2D eigenvalue weighted by Gasteiger charge is -2.34. The molecule has 0 saturated heterocycles. The number of hydrogen-bond acceptors (Lipinski definition) is 2. The number of rotatable bonds is 4. The van der Waals surface area contributed by atoms with Crippen LogP contribution in [-0.2, 0) is 0 Å². The van der Waals surface area contributed by atoms with Crippen molar-refractivity contribution < 1.29 is 0 Å². The zero-order valence-electron chi connectivity index (χ0n) is 10.9. The highest BCUT2D eigenvalue weighted by molar-refractivity contribution is 7.99. The monoisotopic (exact) mass is 241 g/mol. The molecule has 2 fully saturated rings. The van der Waals surface area contributed by atoms with Crippen LogP contribution in [0.4, 0.5) is 0 Å². The second-order valence-corrected chi connectivity index (χ2v) is 7.08. The molecule has 94 valence electrons. The van der Waals surface area contributed by atoms with Crippen LogP contribution in [0.2, 0.25) is 0 Å². The van der Waals surface area contributed by atoms with E-state index in [4.69, 9.17) is 0 Å². The molecular formula is C14H27NS. The molecule has 0 amide bonds. The fourth-order valence-corrected chi connectivity index (χ4v) is 4.58. The van der Waals surface area contributed by atoms with Crippen molar-refractivity contribution in [2.24, 2.45) is 5.92 Å². The van der Waals surface area contributed by atoms with Gasteiger partial charge in [-0.3, -0.25) is 0 Å². The molecule has 2 aliphatic rings. The summed E-state index contributed by atoms with van der Waals surface area (Å²) >= 11 is 2.17. The molecule has 0 aromatic carbocycles. The second kappa shape index (κ2) is 6.30. The average Bonchev–Trinajstić information content (AvgIpc) is 2.70. The van der Waals surface area contributed by atoms with Gasteiger partial charge < -0.3 is 5.32 Å². The predicted octanol–water partition coefficient (Wildman–Crippen LogP) is 3.83. The zero-order chi connectivity index (χ0) is 11.4. The summed E-state index contributed by atoms with van der Waals surface area (Å²) in [6.07, 6.45) is 10.1. The Bertz CT molecular complexity index is 207. The first-order chi connectivity index (χ1) is 7.81. The van der Waals surface area contributed by atoms with Gasteiger partial charge in [0.1, 0.15) is 0 Å². The van der Waals surface area contributed by atoms with E-state index in [2.05, 4.69) is 30.9 Å². The molecule has 2 rings (SSSR count). The Morgan fingerprint density at radius 3 is 2.50 bits per heavy atom. The molecule has 0 aromatic rings. The van der Waals surface area contributed by atoms with Crippen molar-refractivity contribution in [2.45, 2.75) is 76.1 Å². The minimum Gasteiger partial charge on any atom is -0.310 e. The topological polar surface area (TPSA) is 12.0 Å². The molecule has 0 spiro atoms. The number of hydrogen-bond donors (Lipinski definition) is 1. The number of nitrogens with one attached hydrogen (secondary N) is 1.